The number of rotatable bonds is 3. The molecule has 6 heteroatoms. The average molecular weight is 316 g/mol. The second-order valence-corrected chi connectivity index (χ2v) is 7.99. The fourth-order valence-corrected chi connectivity index (χ4v) is 4.82. The van der Waals surface area contributed by atoms with Gasteiger partial charge in [0.2, 0.25) is 5.91 Å². The lowest BCUT2D eigenvalue weighted by Gasteiger charge is -2.58. The van der Waals surface area contributed by atoms with Gasteiger partial charge in [-0.05, 0) is 57.3 Å². The van der Waals surface area contributed by atoms with Crippen LogP contribution >= 0.6 is 0 Å². The fourth-order valence-electron chi connectivity index (χ4n) is 4.82. The Kier molecular flexibility index (Phi) is 2.83. The molecule has 3 aliphatic carbocycles. The van der Waals surface area contributed by atoms with Crippen molar-refractivity contribution in [2.24, 2.45) is 11.3 Å². The first-order chi connectivity index (χ1) is 11.2. The number of likely N-dealkylation sites (tertiary alicyclic amines) is 1. The van der Waals surface area contributed by atoms with Gasteiger partial charge in [0.15, 0.2) is 0 Å². The molecule has 0 unspecified atom stereocenters. The Hall–Kier alpha value is -1.59. The minimum absolute atomic E-state index is 0.0230. The van der Waals surface area contributed by atoms with E-state index in [1.165, 1.54) is 12.8 Å². The molecule has 1 aromatic heterocycles. The van der Waals surface area contributed by atoms with Crippen molar-refractivity contribution < 1.29 is 4.79 Å². The molecule has 1 aliphatic heterocycles. The lowest BCUT2D eigenvalue weighted by molar-refractivity contribution is -0.170. The van der Waals surface area contributed by atoms with Crippen LogP contribution in [0.25, 0.3) is 0 Å². The van der Waals surface area contributed by atoms with Gasteiger partial charge in [0.05, 0.1) is 11.5 Å². The van der Waals surface area contributed by atoms with Crippen molar-refractivity contribution in [2.75, 3.05) is 13.1 Å². The molecule has 0 aromatic carbocycles. The molecule has 6 nitrogen and oxygen atoms in total. The van der Waals surface area contributed by atoms with Crippen molar-refractivity contribution in [1.29, 1.82) is 0 Å². The number of piperidine rings is 1. The first kappa shape index (κ1) is 13.8. The predicted octanol–water partition coefficient (Wildman–Crippen LogP) is 1.80. The van der Waals surface area contributed by atoms with Crippen LogP contribution in [0.5, 0.6) is 0 Å². The van der Waals surface area contributed by atoms with Crippen molar-refractivity contribution in [1.82, 2.24) is 19.7 Å². The van der Waals surface area contributed by atoms with Gasteiger partial charge in [0, 0.05) is 19.0 Å². The molecule has 1 saturated heterocycles. The molecule has 5 rings (SSSR count). The maximum Gasteiger partial charge on any atom is 0.343 e. The number of hydrogen-bond donors (Lipinski definition) is 1. The zero-order valence-corrected chi connectivity index (χ0v) is 13.5. The largest absolute Gasteiger partial charge is 0.343 e. The predicted molar refractivity (Wildman–Crippen MR) is 84.1 cm³/mol. The van der Waals surface area contributed by atoms with Gasteiger partial charge < -0.3 is 4.90 Å². The van der Waals surface area contributed by atoms with Crippen LogP contribution in [0.15, 0.2) is 4.79 Å². The molecule has 1 aromatic rings. The van der Waals surface area contributed by atoms with E-state index in [0.29, 0.717) is 17.7 Å². The third kappa shape index (κ3) is 1.96. The van der Waals surface area contributed by atoms with E-state index in [-0.39, 0.29) is 17.1 Å². The Morgan fingerprint density at radius 1 is 1.09 bits per heavy atom. The van der Waals surface area contributed by atoms with Crippen molar-refractivity contribution in [2.45, 2.75) is 63.3 Å². The van der Waals surface area contributed by atoms with Gasteiger partial charge in [-0.25, -0.2) is 9.48 Å². The number of carbonyl (C=O) groups is 1. The second-order valence-electron chi connectivity index (χ2n) is 7.99. The third-order valence-corrected chi connectivity index (χ3v) is 6.81. The maximum atomic E-state index is 12.8. The molecule has 2 heterocycles. The van der Waals surface area contributed by atoms with Crippen molar-refractivity contribution in [3.8, 4) is 0 Å². The van der Waals surface area contributed by atoms with E-state index >= 15 is 0 Å². The van der Waals surface area contributed by atoms with Gasteiger partial charge in [-0.15, -0.1) is 0 Å². The summed E-state index contributed by atoms with van der Waals surface area (Å²) in [6.07, 6.45) is 8.67. The van der Waals surface area contributed by atoms with E-state index in [2.05, 4.69) is 15.0 Å². The molecular weight excluding hydrogens is 292 g/mol. The van der Waals surface area contributed by atoms with Gasteiger partial charge >= 0.3 is 5.69 Å². The van der Waals surface area contributed by atoms with Crippen LogP contribution in [0, 0.1) is 11.3 Å². The lowest BCUT2D eigenvalue weighted by atomic mass is 9.47. The molecule has 4 fully saturated rings. The summed E-state index contributed by atoms with van der Waals surface area (Å²) in [6.45, 7) is 1.55. The first-order valence-electron chi connectivity index (χ1n) is 9.15. The van der Waals surface area contributed by atoms with Gasteiger partial charge in [-0.3, -0.25) is 9.78 Å². The summed E-state index contributed by atoms with van der Waals surface area (Å²) in [6, 6.07) is 0.145. The number of fused-ring (bicyclic) bond motifs is 1. The molecule has 1 amide bonds. The first-order valence-corrected chi connectivity index (χ1v) is 9.15. The van der Waals surface area contributed by atoms with E-state index in [1.54, 1.807) is 4.68 Å². The summed E-state index contributed by atoms with van der Waals surface area (Å²) in [5.41, 5.74) is -0.0527. The Balaban J connectivity index is 1.26. The van der Waals surface area contributed by atoms with Gasteiger partial charge in [0.1, 0.15) is 5.82 Å². The summed E-state index contributed by atoms with van der Waals surface area (Å²) in [7, 11) is 0. The highest BCUT2D eigenvalue weighted by molar-refractivity contribution is 5.85. The standard InChI is InChI=1S/C17H24N4O2/c22-15(17-7-3-12(17)4-8-17)20-9-5-13(6-10-20)21-16(23)18-14(19-21)11-1-2-11/h11-13H,1-10H2,(H,18,19,23). The third-order valence-electron chi connectivity index (χ3n) is 6.81. The van der Waals surface area contributed by atoms with Crippen LogP contribution in [0.3, 0.4) is 0 Å². The molecule has 1 N–H and O–H groups in total. The number of hydrogen-bond acceptors (Lipinski definition) is 3. The van der Waals surface area contributed by atoms with Crippen LogP contribution in [-0.4, -0.2) is 38.7 Å². The zero-order chi connectivity index (χ0) is 15.6. The Labute approximate surface area is 135 Å². The van der Waals surface area contributed by atoms with E-state index in [9.17, 15) is 9.59 Å². The molecule has 3 saturated carbocycles. The maximum absolute atomic E-state index is 12.8. The summed E-state index contributed by atoms with van der Waals surface area (Å²) in [5, 5.41) is 4.51. The fraction of sp³-hybridized carbons (Fsp3) is 0.824. The van der Waals surface area contributed by atoms with E-state index < -0.39 is 0 Å². The molecule has 4 aliphatic rings. The number of aromatic nitrogens is 3. The summed E-state index contributed by atoms with van der Waals surface area (Å²) in [4.78, 5) is 29.9. The highest BCUT2D eigenvalue weighted by Crippen LogP contribution is 2.62. The van der Waals surface area contributed by atoms with Gasteiger partial charge in [0.25, 0.3) is 0 Å². The quantitative estimate of drug-likeness (QED) is 0.924. The highest BCUT2D eigenvalue weighted by Gasteiger charge is 2.59. The molecule has 0 bridgehead atoms. The smallest absolute Gasteiger partial charge is 0.342 e. The molecule has 0 spiro atoms. The van der Waals surface area contributed by atoms with Crippen LogP contribution in [-0.2, 0) is 4.79 Å². The minimum atomic E-state index is -0.0756. The molecule has 0 radical (unpaired) electrons. The summed E-state index contributed by atoms with van der Waals surface area (Å²) in [5.74, 6) is 2.40. The van der Waals surface area contributed by atoms with Gasteiger partial charge in [-0.1, -0.05) is 0 Å². The number of nitrogens with zero attached hydrogens (tertiary/aromatic N) is 3. The lowest BCUT2D eigenvalue weighted by Crippen LogP contribution is -2.60. The highest BCUT2D eigenvalue weighted by atomic mass is 16.2. The van der Waals surface area contributed by atoms with E-state index in [0.717, 1.165) is 57.4 Å². The average Bonchev–Trinajstić information content (AvgIpc) is 3.33. The minimum Gasteiger partial charge on any atom is -0.342 e. The number of amides is 1. The molecule has 124 valence electrons. The topological polar surface area (TPSA) is 71.0 Å². The Morgan fingerprint density at radius 3 is 2.30 bits per heavy atom. The second kappa shape index (κ2) is 4.71. The van der Waals surface area contributed by atoms with Crippen molar-refractivity contribution in [3.63, 3.8) is 0 Å². The van der Waals surface area contributed by atoms with Crippen LogP contribution in [0.4, 0.5) is 0 Å². The number of aromatic amines is 1. The van der Waals surface area contributed by atoms with Crippen LogP contribution < -0.4 is 5.69 Å². The summed E-state index contributed by atoms with van der Waals surface area (Å²) >= 11 is 0. The number of nitrogens with one attached hydrogen (secondary N) is 1. The monoisotopic (exact) mass is 316 g/mol. The summed E-state index contributed by atoms with van der Waals surface area (Å²) < 4.78 is 1.64. The van der Waals surface area contributed by atoms with Crippen molar-refractivity contribution >= 4 is 5.91 Å². The van der Waals surface area contributed by atoms with Crippen LogP contribution in [0.1, 0.15) is 69.2 Å². The Morgan fingerprint density at radius 2 is 1.78 bits per heavy atom. The SMILES string of the molecule is O=C(N1CCC(n2nc(C3CC3)[nH]c2=O)CC1)C12CCC1CC2. The Bertz CT molecular complexity index is 686. The molecule has 0 atom stereocenters. The van der Waals surface area contributed by atoms with Gasteiger partial charge in [-0.2, -0.15) is 5.10 Å². The van der Waals surface area contributed by atoms with E-state index in [4.69, 9.17) is 0 Å². The molecule has 23 heavy (non-hydrogen) atoms. The normalized spacial score (nSPS) is 33.7. The van der Waals surface area contributed by atoms with Crippen LogP contribution in [0.2, 0.25) is 0 Å². The zero-order valence-electron chi connectivity index (χ0n) is 13.5. The van der Waals surface area contributed by atoms with E-state index in [1.807, 2.05) is 0 Å². The number of carbonyl (C=O) groups excluding carboxylic acids is 1. The number of H-pyrrole nitrogens is 1. The van der Waals surface area contributed by atoms with Crippen molar-refractivity contribution in [3.05, 3.63) is 16.3 Å². The molecular formula is C17H24N4O2.